The molecule has 11 heteroatoms. The SMILES string of the molecule is Cc1cn(-c2ccc(-c3cccc(S(C)(=O)=O)c3)cc2-c2nc(C)oc2-c2ccc(SC(F)(F)F)cc2)c(C)n1. The van der Waals surface area contributed by atoms with E-state index in [4.69, 9.17) is 4.42 Å². The lowest BCUT2D eigenvalue weighted by Crippen LogP contribution is -2.00. The number of aryl methyl sites for hydroxylation is 3. The summed E-state index contributed by atoms with van der Waals surface area (Å²) in [7, 11) is -3.42. The third kappa shape index (κ3) is 5.85. The third-order valence-electron chi connectivity index (χ3n) is 6.19. The van der Waals surface area contributed by atoms with Crippen LogP contribution < -0.4 is 0 Å². The van der Waals surface area contributed by atoms with Gasteiger partial charge in [-0.25, -0.2) is 18.4 Å². The quantitative estimate of drug-likeness (QED) is 0.190. The van der Waals surface area contributed by atoms with E-state index in [9.17, 15) is 21.6 Å². The van der Waals surface area contributed by atoms with Crippen LogP contribution in [0.4, 0.5) is 13.2 Å². The Hall–Kier alpha value is -3.83. The Morgan fingerprint density at radius 2 is 1.55 bits per heavy atom. The van der Waals surface area contributed by atoms with E-state index in [2.05, 4.69) is 9.97 Å². The topological polar surface area (TPSA) is 78.0 Å². The molecule has 0 aliphatic rings. The highest BCUT2D eigenvalue weighted by Gasteiger charge is 2.29. The van der Waals surface area contributed by atoms with Crippen molar-refractivity contribution in [3.63, 3.8) is 0 Å². The number of rotatable bonds is 6. The highest BCUT2D eigenvalue weighted by Crippen LogP contribution is 2.41. The summed E-state index contributed by atoms with van der Waals surface area (Å²) in [6.07, 6.45) is 3.06. The van der Waals surface area contributed by atoms with Crippen molar-refractivity contribution in [1.29, 1.82) is 0 Å². The van der Waals surface area contributed by atoms with E-state index in [1.54, 1.807) is 37.3 Å². The number of hydrogen-bond donors (Lipinski definition) is 0. The van der Waals surface area contributed by atoms with Crippen molar-refractivity contribution in [2.75, 3.05) is 6.26 Å². The number of imidazole rings is 1. The van der Waals surface area contributed by atoms with Crippen molar-refractivity contribution >= 4 is 21.6 Å². The van der Waals surface area contributed by atoms with E-state index in [1.807, 2.05) is 48.9 Å². The van der Waals surface area contributed by atoms with Gasteiger partial charge >= 0.3 is 5.51 Å². The van der Waals surface area contributed by atoms with Crippen molar-refractivity contribution in [2.45, 2.75) is 36.1 Å². The van der Waals surface area contributed by atoms with Crippen LogP contribution >= 0.6 is 11.8 Å². The van der Waals surface area contributed by atoms with Gasteiger partial charge in [-0.1, -0.05) is 30.3 Å². The molecule has 0 saturated carbocycles. The zero-order valence-electron chi connectivity index (χ0n) is 21.9. The van der Waals surface area contributed by atoms with Crippen LogP contribution in [0.5, 0.6) is 0 Å². The number of oxazole rings is 1. The Bertz CT molecular complexity index is 1820. The summed E-state index contributed by atoms with van der Waals surface area (Å²) in [5.41, 5.74) is 0.393. The fraction of sp³-hybridized carbons (Fsp3) is 0.172. The van der Waals surface area contributed by atoms with E-state index < -0.39 is 15.3 Å². The number of sulfone groups is 1. The molecular formula is C29H24F3N3O3S2. The molecule has 2 aromatic heterocycles. The van der Waals surface area contributed by atoms with Gasteiger partial charge in [0.25, 0.3) is 0 Å². The Balaban J connectivity index is 1.70. The van der Waals surface area contributed by atoms with Crippen LogP contribution in [0.2, 0.25) is 0 Å². The summed E-state index contributed by atoms with van der Waals surface area (Å²) in [6.45, 7) is 5.47. The van der Waals surface area contributed by atoms with Crippen LogP contribution in [0.1, 0.15) is 17.4 Å². The molecule has 0 fully saturated rings. The van der Waals surface area contributed by atoms with Gasteiger partial charge in [-0.05, 0) is 73.1 Å². The van der Waals surface area contributed by atoms with Gasteiger partial charge in [0.1, 0.15) is 11.5 Å². The smallest absolute Gasteiger partial charge is 0.440 e. The van der Waals surface area contributed by atoms with Crippen LogP contribution in [-0.2, 0) is 9.84 Å². The second kappa shape index (κ2) is 10.3. The number of nitrogens with zero attached hydrogens (tertiary/aromatic N) is 3. The minimum Gasteiger partial charge on any atom is -0.440 e. The summed E-state index contributed by atoms with van der Waals surface area (Å²) < 4.78 is 70.9. The highest BCUT2D eigenvalue weighted by atomic mass is 32.2. The molecule has 0 radical (unpaired) electrons. The van der Waals surface area contributed by atoms with Crippen LogP contribution in [0.25, 0.3) is 39.4 Å². The first kappa shape index (κ1) is 27.7. The average Bonchev–Trinajstić information content (AvgIpc) is 3.43. The molecule has 40 heavy (non-hydrogen) atoms. The maximum absolute atomic E-state index is 12.9. The number of halogens is 3. The standard InChI is InChI=1S/C29H24F3N3O3S2/c1-17-16-35(18(2)33-17)26-13-10-22(21-6-5-7-24(14-21)40(4,36)37)15-25(26)27-28(38-19(3)34-27)20-8-11-23(12-9-20)39-29(30,31)32/h5-16H,1-4H3. The zero-order chi connectivity index (χ0) is 28.8. The molecule has 0 bridgehead atoms. The molecular weight excluding hydrogens is 559 g/mol. The molecule has 0 aliphatic carbocycles. The Morgan fingerprint density at radius 3 is 2.17 bits per heavy atom. The van der Waals surface area contributed by atoms with Gasteiger partial charge in [-0.2, -0.15) is 13.2 Å². The van der Waals surface area contributed by atoms with E-state index in [0.717, 1.165) is 29.0 Å². The number of benzene rings is 3. The summed E-state index contributed by atoms with van der Waals surface area (Å²) in [5.74, 6) is 1.53. The number of aromatic nitrogens is 3. The molecule has 0 atom stereocenters. The molecule has 5 rings (SSSR count). The Kier molecular flexibility index (Phi) is 7.13. The second-order valence-corrected chi connectivity index (χ2v) is 12.5. The van der Waals surface area contributed by atoms with E-state index in [0.29, 0.717) is 34.0 Å². The molecule has 0 spiro atoms. The predicted octanol–water partition coefficient (Wildman–Crippen LogP) is 7.80. The lowest BCUT2D eigenvalue weighted by molar-refractivity contribution is -0.0328. The van der Waals surface area contributed by atoms with Crippen LogP contribution in [-0.4, -0.2) is 34.7 Å². The van der Waals surface area contributed by atoms with E-state index in [-0.39, 0.29) is 21.6 Å². The first-order valence-corrected chi connectivity index (χ1v) is 14.8. The largest absolute Gasteiger partial charge is 0.446 e. The lowest BCUT2D eigenvalue weighted by atomic mass is 9.98. The summed E-state index contributed by atoms with van der Waals surface area (Å²) in [5, 5.41) is 0. The van der Waals surface area contributed by atoms with E-state index in [1.165, 1.54) is 12.1 Å². The van der Waals surface area contributed by atoms with E-state index >= 15 is 0 Å². The monoisotopic (exact) mass is 583 g/mol. The first-order valence-electron chi connectivity index (χ1n) is 12.1. The maximum atomic E-state index is 12.9. The molecule has 2 heterocycles. The lowest BCUT2D eigenvalue weighted by Gasteiger charge is -2.14. The van der Waals surface area contributed by atoms with Crippen molar-refractivity contribution in [3.05, 3.63) is 90.3 Å². The van der Waals surface area contributed by atoms with Gasteiger partial charge in [0.05, 0.1) is 16.3 Å². The van der Waals surface area contributed by atoms with Gasteiger partial charge in [-0.3, -0.25) is 0 Å². The molecule has 0 saturated heterocycles. The van der Waals surface area contributed by atoms with Gasteiger partial charge < -0.3 is 8.98 Å². The van der Waals surface area contributed by atoms with Crippen molar-refractivity contribution in [1.82, 2.24) is 14.5 Å². The molecule has 0 unspecified atom stereocenters. The second-order valence-electron chi connectivity index (χ2n) is 9.31. The fourth-order valence-corrected chi connectivity index (χ4v) is 5.70. The van der Waals surface area contributed by atoms with Crippen molar-refractivity contribution in [3.8, 4) is 39.4 Å². The molecule has 6 nitrogen and oxygen atoms in total. The van der Waals surface area contributed by atoms with Gasteiger partial charge in [0.2, 0.25) is 0 Å². The normalized spacial score (nSPS) is 12.2. The Morgan fingerprint density at radius 1 is 0.875 bits per heavy atom. The average molecular weight is 584 g/mol. The minimum atomic E-state index is -4.39. The van der Waals surface area contributed by atoms with Crippen LogP contribution in [0.15, 0.2) is 87.1 Å². The van der Waals surface area contributed by atoms with Gasteiger partial charge in [0.15, 0.2) is 21.5 Å². The van der Waals surface area contributed by atoms with Gasteiger partial charge in [0, 0.05) is 35.4 Å². The summed E-state index contributed by atoms with van der Waals surface area (Å²) in [6, 6.07) is 18.3. The van der Waals surface area contributed by atoms with Crippen molar-refractivity contribution in [2.24, 2.45) is 0 Å². The molecule has 0 aliphatic heterocycles. The van der Waals surface area contributed by atoms with Gasteiger partial charge in [-0.15, -0.1) is 0 Å². The maximum Gasteiger partial charge on any atom is 0.446 e. The number of alkyl halides is 3. The highest BCUT2D eigenvalue weighted by molar-refractivity contribution is 8.00. The fourth-order valence-electron chi connectivity index (χ4n) is 4.50. The zero-order valence-corrected chi connectivity index (χ0v) is 23.6. The molecule has 206 valence electrons. The minimum absolute atomic E-state index is 0.0620. The van der Waals surface area contributed by atoms with Crippen LogP contribution in [0, 0.1) is 20.8 Å². The molecule has 0 amide bonds. The number of hydrogen-bond acceptors (Lipinski definition) is 6. The first-order chi connectivity index (χ1) is 18.8. The van der Waals surface area contributed by atoms with Crippen LogP contribution in [0.3, 0.4) is 0 Å². The van der Waals surface area contributed by atoms with Crippen molar-refractivity contribution < 1.29 is 26.0 Å². The molecule has 5 aromatic rings. The summed E-state index contributed by atoms with van der Waals surface area (Å²) in [4.78, 5) is 9.46. The number of thioether (sulfide) groups is 1. The molecule has 3 aromatic carbocycles. The predicted molar refractivity (Wildman–Crippen MR) is 149 cm³/mol. The Labute approximate surface area is 233 Å². The summed E-state index contributed by atoms with van der Waals surface area (Å²) >= 11 is -0.183. The molecule has 0 N–H and O–H groups in total. The third-order valence-corrected chi connectivity index (χ3v) is 8.04.